The molecule has 154 valence electrons. The van der Waals surface area contributed by atoms with Crippen molar-refractivity contribution in [2.45, 2.75) is 19.6 Å². The fraction of sp³-hybridized carbons (Fsp3) is 0.294. The van der Waals surface area contributed by atoms with Gasteiger partial charge in [0, 0.05) is 17.5 Å². The molecule has 0 spiro atoms. The van der Waals surface area contributed by atoms with Crippen molar-refractivity contribution in [2.75, 3.05) is 13.7 Å². The number of thiophene rings is 1. The third-order valence-electron chi connectivity index (χ3n) is 3.96. The van der Waals surface area contributed by atoms with Gasteiger partial charge in [0.1, 0.15) is 0 Å². The zero-order valence-electron chi connectivity index (χ0n) is 15.3. The molecule has 0 saturated carbocycles. The van der Waals surface area contributed by atoms with Crippen LogP contribution >= 0.6 is 22.9 Å². The molecule has 0 unspecified atom stereocenters. The highest BCUT2D eigenvalue weighted by Gasteiger charge is 2.41. The topological polar surface area (TPSA) is 73.1 Å². The number of carbonyl (C=O) groups excluding carboxylic acids is 1. The molecular weight excluding hydrogens is 431 g/mol. The van der Waals surface area contributed by atoms with Crippen LogP contribution in [0.4, 0.5) is 13.2 Å². The summed E-state index contributed by atoms with van der Waals surface area (Å²) in [5, 5.41) is 11.1. The lowest BCUT2D eigenvalue weighted by atomic mass is 10.2. The second-order valence-corrected chi connectivity index (χ2v) is 7.58. The van der Waals surface area contributed by atoms with E-state index < -0.39 is 23.3 Å². The Bertz CT molecular complexity index is 1000. The first-order chi connectivity index (χ1) is 13.7. The SMILES string of the molecule is CCN(Cc1ccc(Cl)s1)C(=O)c1cnn(-c2ccc(OC)nn2)c1C(F)(F)F. The molecule has 3 heterocycles. The molecule has 12 heteroatoms. The van der Waals surface area contributed by atoms with E-state index >= 15 is 0 Å². The van der Waals surface area contributed by atoms with E-state index in [1.54, 1.807) is 19.1 Å². The Kier molecular flexibility index (Phi) is 6.08. The van der Waals surface area contributed by atoms with E-state index in [1.807, 2.05) is 0 Å². The van der Waals surface area contributed by atoms with Crippen LogP contribution in [0.1, 0.15) is 27.9 Å². The van der Waals surface area contributed by atoms with Gasteiger partial charge >= 0.3 is 6.18 Å². The Balaban J connectivity index is 1.99. The van der Waals surface area contributed by atoms with Crippen LogP contribution in [-0.4, -0.2) is 44.4 Å². The summed E-state index contributed by atoms with van der Waals surface area (Å²) in [5.74, 6) is -0.847. The lowest BCUT2D eigenvalue weighted by Crippen LogP contribution is -2.31. The van der Waals surface area contributed by atoms with Gasteiger partial charge in [-0.05, 0) is 25.1 Å². The molecule has 0 aliphatic heterocycles. The van der Waals surface area contributed by atoms with Crippen LogP contribution in [0.3, 0.4) is 0 Å². The molecule has 3 aromatic heterocycles. The summed E-state index contributed by atoms with van der Waals surface area (Å²) in [7, 11) is 1.36. The Morgan fingerprint density at radius 3 is 2.55 bits per heavy atom. The lowest BCUT2D eigenvalue weighted by Gasteiger charge is -2.21. The van der Waals surface area contributed by atoms with Gasteiger partial charge in [-0.15, -0.1) is 21.5 Å². The number of halogens is 4. The monoisotopic (exact) mass is 445 g/mol. The highest BCUT2D eigenvalue weighted by Crippen LogP contribution is 2.34. The normalized spacial score (nSPS) is 11.5. The molecule has 0 aliphatic carbocycles. The van der Waals surface area contributed by atoms with Crippen LogP contribution in [-0.2, 0) is 12.7 Å². The van der Waals surface area contributed by atoms with Crippen molar-refractivity contribution >= 4 is 28.8 Å². The molecule has 0 bridgehead atoms. The average molecular weight is 446 g/mol. The van der Waals surface area contributed by atoms with Gasteiger partial charge in [-0.3, -0.25) is 4.79 Å². The quantitative estimate of drug-likeness (QED) is 0.572. The number of hydrogen-bond acceptors (Lipinski definition) is 6. The number of nitrogens with zero attached hydrogens (tertiary/aromatic N) is 5. The number of carbonyl (C=O) groups is 1. The minimum Gasteiger partial charge on any atom is -0.480 e. The van der Waals surface area contributed by atoms with Crippen LogP contribution < -0.4 is 4.74 Å². The van der Waals surface area contributed by atoms with Gasteiger partial charge < -0.3 is 9.64 Å². The summed E-state index contributed by atoms with van der Waals surface area (Å²) in [5.41, 5.74) is -1.79. The van der Waals surface area contributed by atoms with E-state index in [0.29, 0.717) is 9.02 Å². The molecule has 29 heavy (non-hydrogen) atoms. The van der Waals surface area contributed by atoms with Crippen LogP contribution in [0.2, 0.25) is 4.34 Å². The molecule has 0 aliphatic rings. The van der Waals surface area contributed by atoms with E-state index in [1.165, 1.54) is 35.5 Å². The van der Waals surface area contributed by atoms with Gasteiger partial charge in [0.05, 0.1) is 29.8 Å². The Morgan fingerprint density at radius 1 is 1.28 bits per heavy atom. The van der Waals surface area contributed by atoms with E-state index in [0.717, 1.165) is 11.1 Å². The number of aromatic nitrogens is 4. The number of amides is 1. The third kappa shape index (κ3) is 4.51. The average Bonchev–Trinajstić information content (AvgIpc) is 3.31. The van der Waals surface area contributed by atoms with Gasteiger partial charge in [-0.2, -0.15) is 18.3 Å². The summed E-state index contributed by atoms with van der Waals surface area (Å²) in [4.78, 5) is 14.9. The highest BCUT2D eigenvalue weighted by molar-refractivity contribution is 7.16. The van der Waals surface area contributed by atoms with Gasteiger partial charge in [0.25, 0.3) is 5.91 Å². The Labute approximate surface area is 172 Å². The van der Waals surface area contributed by atoms with Crippen molar-refractivity contribution in [2.24, 2.45) is 0 Å². The summed E-state index contributed by atoms with van der Waals surface area (Å²) in [6.45, 7) is 2.02. The second-order valence-electron chi connectivity index (χ2n) is 5.78. The molecule has 0 aromatic carbocycles. The molecule has 0 N–H and O–H groups in total. The van der Waals surface area contributed by atoms with Crippen molar-refractivity contribution in [1.82, 2.24) is 24.9 Å². The van der Waals surface area contributed by atoms with E-state index in [4.69, 9.17) is 16.3 Å². The minimum absolute atomic E-state index is 0.136. The molecule has 0 radical (unpaired) electrons. The molecule has 0 fully saturated rings. The van der Waals surface area contributed by atoms with Gasteiger partial charge in [0.2, 0.25) is 5.88 Å². The van der Waals surface area contributed by atoms with Crippen molar-refractivity contribution in [3.05, 3.63) is 50.9 Å². The third-order valence-corrected chi connectivity index (χ3v) is 5.18. The van der Waals surface area contributed by atoms with E-state index in [-0.39, 0.29) is 24.8 Å². The highest BCUT2D eigenvalue weighted by atomic mass is 35.5. The standard InChI is InChI=1S/C17H15ClF3N5O2S/c1-3-25(9-10-4-5-12(18)29-10)16(27)11-8-22-26(15(11)17(19,20)21)13-6-7-14(28-2)24-23-13/h4-8H,3,9H2,1-2H3. The summed E-state index contributed by atoms with van der Waals surface area (Å²) in [6.07, 6.45) is -3.95. The summed E-state index contributed by atoms with van der Waals surface area (Å²) < 4.78 is 47.4. The van der Waals surface area contributed by atoms with Gasteiger partial charge in [0.15, 0.2) is 11.5 Å². The molecule has 7 nitrogen and oxygen atoms in total. The fourth-order valence-electron chi connectivity index (χ4n) is 2.61. The van der Waals surface area contributed by atoms with E-state index in [2.05, 4.69) is 15.3 Å². The number of ether oxygens (including phenoxy) is 1. The zero-order valence-corrected chi connectivity index (χ0v) is 16.8. The molecule has 3 aromatic rings. The predicted octanol–water partition coefficient (Wildman–Crippen LogP) is 4.07. The van der Waals surface area contributed by atoms with E-state index in [9.17, 15) is 18.0 Å². The van der Waals surface area contributed by atoms with Crippen LogP contribution in [0.25, 0.3) is 5.82 Å². The minimum atomic E-state index is -4.84. The first kappa shape index (κ1) is 21.1. The molecule has 3 rings (SSSR count). The molecule has 0 atom stereocenters. The van der Waals surface area contributed by atoms with Crippen LogP contribution in [0, 0.1) is 0 Å². The maximum Gasteiger partial charge on any atom is 0.434 e. The Hall–Kier alpha value is -2.66. The van der Waals surface area contributed by atoms with Crippen LogP contribution in [0.5, 0.6) is 5.88 Å². The maximum absolute atomic E-state index is 13.8. The van der Waals surface area contributed by atoms with Gasteiger partial charge in [-0.1, -0.05) is 11.6 Å². The van der Waals surface area contributed by atoms with Crippen molar-refractivity contribution in [3.8, 4) is 11.7 Å². The van der Waals surface area contributed by atoms with Crippen molar-refractivity contribution in [3.63, 3.8) is 0 Å². The molecular formula is C17H15ClF3N5O2S. The number of rotatable bonds is 6. The van der Waals surface area contributed by atoms with Crippen molar-refractivity contribution in [1.29, 1.82) is 0 Å². The van der Waals surface area contributed by atoms with Crippen LogP contribution in [0.15, 0.2) is 30.5 Å². The molecule has 0 saturated heterocycles. The lowest BCUT2D eigenvalue weighted by molar-refractivity contribution is -0.143. The molecule has 1 amide bonds. The summed E-state index contributed by atoms with van der Waals surface area (Å²) >= 11 is 7.15. The fourth-order valence-corrected chi connectivity index (χ4v) is 3.71. The number of methoxy groups -OCH3 is 1. The van der Waals surface area contributed by atoms with Crippen molar-refractivity contribution < 1.29 is 22.7 Å². The zero-order chi connectivity index (χ0) is 21.2. The summed E-state index contributed by atoms with van der Waals surface area (Å²) in [6, 6.07) is 6.02. The smallest absolute Gasteiger partial charge is 0.434 e. The van der Waals surface area contributed by atoms with Gasteiger partial charge in [-0.25, -0.2) is 4.68 Å². The number of hydrogen-bond donors (Lipinski definition) is 0. The number of alkyl halides is 3. The second kappa shape index (κ2) is 8.37. The predicted molar refractivity (Wildman–Crippen MR) is 100 cm³/mol. The Morgan fingerprint density at radius 2 is 2.03 bits per heavy atom. The maximum atomic E-state index is 13.8. The first-order valence-corrected chi connectivity index (χ1v) is 9.50. The first-order valence-electron chi connectivity index (χ1n) is 8.31. The largest absolute Gasteiger partial charge is 0.480 e.